The van der Waals surface area contributed by atoms with Gasteiger partial charge in [0.15, 0.2) is 0 Å². The van der Waals surface area contributed by atoms with Crippen LogP contribution in [0.4, 0.5) is 0 Å². The Morgan fingerprint density at radius 2 is 1.81 bits per heavy atom. The third-order valence-corrected chi connectivity index (χ3v) is 4.31. The molecule has 2 rings (SSSR count). The van der Waals surface area contributed by atoms with E-state index in [9.17, 15) is 9.59 Å². The summed E-state index contributed by atoms with van der Waals surface area (Å²) in [5.74, 6) is -0.416. The van der Waals surface area contributed by atoms with Crippen molar-refractivity contribution in [2.75, 3.05) is 6.54 Å². The van der Waals surface area contributed by atoms with Gasteiger partial charge < -0.3 is 16.4 Å². The molecule has 1 aliphatic rings. The number of hydrogen-bond acceptors (Lipinski definition) is 3. The number of nitrogens with one attached hydrogen (secondary N) is 2. The number of carbonyl (C=O) groups excluding carboxylic acids is 2. The van der Waals surface area contributed by atoms with Gasteiger partial charge >= 0.3 is 0 Å². The van der Waals surface area contributed by atoms with Gasteiger partial charge in [0, 0.05) is 11.1 Å². The van der Waals surface area contributed by atoms with Crippen molar-refractivity contribution in [3.05, 3.63) is 71.6 Å². The Morgan fingerprint density at radius 3 is 2.26 bits per heavy atom. The minimum absolute atomic E-state index is 0.00450. The molecule has 0 aromatic heterocycles. The smallest absolute Gasteiger partial charge is 0.268 e. The Labute approximate surface area is 162 Å². The molecule has 1 heterocycles. The Balaban J connectivity index is 0.000000433. The van der Waals surface area contributed by atoms with Gasteiger partial charge in [-0.05, 0) is 24.5 Å². The number of piperazine rings is 1. The van der Waals surface area contributed by atoms with Crippen LogP contribution in [0.15, 0.2) is 66.0 Å². The lowest BCUT2D eigenvalue weighted by atomic mass is 9.83. The molecular weight excluding hydrogens is 338 g/mol. The fourth-order valence-corrected chi connectivity index (χ4v) is 2.34. The van der Waals surface area contributed by atoms with Crippen LogP contribution in [-0.2, 0) is 9.59 Å². The van der Waals surface area contributed by atoms with E-state index in [1.165, 1.54) is 5.56 Å². The highest BCUT2D eigenvalue weighted by atomic mass is 16.2. The predicted molar refractivity (Wildman–Crippen MR) is 110 cm³/mol. The Kier molecular flexibility index (Phi) is 8.03. The van der Waals surface area contributed by atoms with Crippen molar-refractivity contribution in [1.29, 1.82) is 0 Å². The molecule has 1 aromatic rings. The monoisotopic (exact) mass is 369 g/mol. The first-order valence-electron chi connectivity index (χ1n) is 9.03. The molecule has 2 amide bonds. The molecule has 146 valence electrons. The first kappa shape index (κ1) is 22.2. The number of hydrogen-bond donors (Lipinski definition) is 3. The number of rotatable bonds is 4. The Bertz CT molecular complexity index is 744. The van der Waals surface area contributed by atoms with Crippen molar-refractivity contribution < 1.29 is 9.59 Å². The normalized spacial score (nSPS) is 16.7. The molecule has 4 N–H and O–H groups in total. The molecular formula is C22H31N3O2. The summed E-state index contributed by atoms with van der Waals surface area (Å²) in [7, 11) is 0. The summed E-state index contributed by atoms with van der Waals surface area (Å²) >= 11 is 0. The Hall–Kier alpha value is -2.82. The fourth-order valence-electron chi connectivity index (χ4n) is 2.34. The van der Waals surface area contributed by atoms with Crippen molar-refractivity contribution in [1.82, 2.24) is 10.6 Å². The summed E-state index contributed by atoms with van der Waals surface area (Å²) in [6, 6.07) is 10.3. The van der Waals surface area contributed by atoms with E-state index < -0.39 is 0 Å². The van der Waals surface area contributed by atoms with Crippen LogP contribution < -0.4 is 16.4 Å². The number of aryl methyl sites for hydroxylation is 1. The zero-order chi connectivity index (χ0) is 20.6. The van der Waals surface area contributed by atoms with Gasteiger partial charge in [0.05, 0.1) is 6.54 Å². The molecule has 27 heavy (non-hydrogen) atoms. The van der Waals surface area contributed by atoms with Gasteiger partial charge in [0.1, 0.15) is 5.70 Å². The van der Waals surface area contributed by atoms with Gasteiger partial charge in [0.2, 0.25) is 5.91 Å². The van der Waals surface area contributed by atoms with Gasteiger partial charge in [0.25, 0.3) is 5.91 Å². The highest BCUT2D eigenvalue weighted by molar-refractivity contribution is 6.03. The second-order valence-corrected chi connectivity index (χ2v) is 7.39. The van der Waals surface area contributed by atoms with E-state index in [2.05, 4.69) is 36.3 Å². The second-order valence-electron chi connectivity index (χ2n) is 7.39. The van der Waals surface area contributed by atoms with E-state index in [1.807, 2.05) is 45.9 Å². The van der Waals surface area contributed by atoms with Crippen molar-refractivity contribution >= 4 is 11.8 Å². The minimum atomic E-state index is -0.383. The zero-order valence-corrected chi connectivity index (χ0v) is 16.9. The fraction of sp³-hybridized carbons (Fsp3) is 0.364. The lowest BCUT2D eigenvalue weighted by Gasteiger charge is -2.26. The first-order chi connectivity index (χ1) is 12.6. The number of allylic oxidation sites excluding steroid dienone is 3. The average Bonchev–Trinajstić information content (AvgIpc) is 2.62. The number of benzene rings is 1. The van der Waals surface area contributed by atoms with Crippen LogP contribution in [0.1, 0.15) is 33.3 Å². The maximum Gasteiger partial charge on any atom is 0.268 e. The predicted octanol–water partition coefficient (Wildman–Crippen LogP) is 3.19. The quantitative estimate of drug-likeness (QED) is 0.563. The zero-order valence-electron chi connectivity index (χ0n) is 16.9. The van der Waals surface area contributed by atoms with E-state index in [-0.39, 0.29) is 35.4 Å². The summed E-state index contributed by atoms with van der Waals surface area (Å²) < 4.78 is 0. The maximum atomic E-state index is 11.8. The van der Waals surface area contributed by atoms with Gasteiger partial charge in [-0.25, -0.2) is 0 Å². The molecule has 1 aliphatic heterocycles. The number of carbonyl (C=O) groups is 2. The highest BCUT2D eigenvalue weighted by Crippen LogP contribution is 2.30. The van der Waals surface area contributed by atoms with Crippen molar-refractivity contribution in [2.24, 2.45) is 17.1 Å². The summed E-state index contributed by atoms with van der Waals surface area (Å²) in [4.78, 5) is 23.1. The third-order valence-electron chi connectivity index (χ3n) is 4.31. The molecule has 0 saturated carbocycles. The summed E-state index contributed by atoms with van der Waals surface area (Å²) in [5, 5.41) is 5.09. The van der Waals surface area contributed by atoms with Gasteiger partial charge in [-0.15, -0.1) is 6.58 Å². The summed E-state index contributed by atoms with van der Waals surface area (Å²) in [6.07, 6.45) is 3.42. The SMILES string of the molecule is C=CC(C)(C)/C(N)=C(\C=C1/NC(=O)CNC1=O)C(C)C.Cc1ccccc1. The Morgan fingerprint density at radius 1 is 1.22 bits per heavy atom. The van der Waals surface area contributed by atoms with Crippen LogP contribution in [0.2, 0.25) is 0 Å². The maximum absolute atomic E-state index is 11.8. The van der Waals surface area contributed by atoms with E-state index in [1.54, 1.807) is 12.2 Å². The molecule has 0 spiro atoms. The second kappa shape index (κ2) is 9.76. The molecule has 1 fully saturated rings. The van der Waals surface area contributed by atoms with Gasteiger partial charge in [-0.3, -0.25) is 9.59 Å². The van der Waals surface area contributed by atoms with Crippen LogP contribution >= 0.6 is 0 Å². The third kappa shape index (κ3) is 6.77. The largest absolute Gasteiger partial charge is 0.401 e. The van der Waals surface area contributed by atoms with Crippen LogP contribution in [0.25, 0.3) is 0 Å². The van der Waals surface area contributed by atoms with Crippen LogP contribution in [0.5, 0.6) is 0 Å². The molecule has 5 nitrogen and oxygen atoms in total. The molecule has 0 radical (unpaired) electrons. The first-order valence-corrected chi connectivity index (χ1v) is 9.03. The minimum Gasteiger partial charge on any atom is -0.401 e. The topological polar surface area (TPSA) is 84.2 Å². The van der Waals surface area contributed by atoms with Crippen LogP contribution in [0.3, 0.4) is 0 Å². The van der Waals surface area contributed by atoms with Gasteiger partial charge in [-0.2, -0.15) is 0 Å². The molecule has 0 aliphatic carbocycles. The molecule has 1 saturated heterocycles. The van der Waals surface area contributed by atoms with E-state index in [0.29, 0.717) is 5.70 Å². The standard InChI is InChI=1S/C15H23N3O2.C7H8/c1-6-15(4,5)13(16)10(9(2)3)7-11-14(20)17-8-12(19)18-11;1-7-5-3-2-4-6-7/h6-7,9H,1,8,16H2,2-5H3,(H,17,20)(H,18,19);2-6H,1H3/b11-7-,13-10-;. The van der Waals surface area contributed by atoms with Gasteiger partial charge in [-0.1, -0.05) is 69.7 Å². The molecule has 0 bridgehead atoms. The lowest BCUT2D eigenvalue weighted by molar-refractivity contribution is -0.127. The van der Waals surface area contributed by atoms with E-state index in [0.717, 1.165) is 5.57 Å². The lowest BCUT2D eigenvalue weighted by Crippen LogP contribution is -2.47. The summed E-state index contributed by atoms with van der Waals surface area (Å²) in [6.45, 7) is 13.8. The molecule has 0 unspecified atom stereocenters. The average molecular weight is 370 g/mol. The van der Waals surface area contributed by atoms with Crippen molar-refractivity contribution in [3.8, 4) is 0 Å². The number of amides is 2. The molecule has 1 aromatic carbocycles. The summed E-state index contributed by atoms with van der Waals surface area (Å²) in [5.41, 5.74) is 8.85. The van der Waals surface area contributed by atoms with E-state index >= 15 is 0 Å². The van der Waals surface area contributed by atoms with E-state index in [4.69, 9.17) is 5.73 Å². The van der Waals surface area contributed by atoms with Crippen LogP contribution in [0, 0.1) is 18.3 Å². The molecule has 0 atom stereocenters. The highest BCUT2D eigenvalue weighted by Gasteiger charge is 2.24. The molecule has 5 heteroatoms. The van der Waals surface area contributed by atoms with Crippen molar-refractivity contribution in [2.45, 2.75) is 34.6 Å². The van der Waals surface area contributed by atoms with Crippen molar-refractivity contribution in [3.63, 3.8) is 0 Å². The number of nitrogens with two attached hydrogens (primary N) is 1. The van der Waals surface area contributed by atoms with Crippen LogP contribution in [-0.4, -0.2) is 18.4 Å².